The van der Waals surface area contributed by atoms with Crippen LogP contribution in [0.25, 0.3) is 10.9 Å². The number of rotatable bonds is 9. The van der Waals surface area contributed by atoms with E-state index in [9.17, 15) is 0 Å². The van der Waals surface area contributed by atoms with Crippen molar-refractivity contribution in [2.24, 2.45) is 4.99 Å². The number of aryl methyl sites for hydroxylation is 1. The Balaban J connectivity index is 0.00000363. The maximum absolute atomic E-state index is 5.43. The lowest BCUT2D eigenvalue weighted by molar-refractivity contribution is 0.324. The molecule has 0 radical (unpaired) electrons. The topological polar surface area (TPSA) is 79.9 Å². The Kier molecular flexibility index (Phi) is 9.96. The van der Waals surface area contributed by atoms with E-state index < -0.39 is 0 Å². The normalized spacial score (nSPS) is 11.1. The van der Waals surface area contributed by atoms with Gasteiger partial charge in [-0.2, -0.15) is 0 Å². The Morgan fingerprint density at radius 1 is 1.00 bits per heavy atom. The van der Waals surface area contributed by atoms with Crippen LogP contribution in [0, 0.1) is 6.92 Å². The number of aliphatic imine (C=N–C) groups is 1. The molecule has 0 bridgehead atoms. The van der Waals surface area contributed by atoms with Crippen LogP contribution in [-0.2, 0) is 13.0 Å². The van der Waals surface area contributed by atoms with Crippen molar-refractivity contribution in [3.63, 3.8) is 0 Å². The molecule has 1 heterocycles. The van der Waals surface area contributed by atoms with Crippen LogP contribution in [-0.4, -0.2) is 45.4 Å². The molecule has 1 aromatic heterocycles. The molecule has 0 aliphatic heterocycles. The number of halogens is 1. The zero-order chi connectivity index (χ0) is 22.2. The molecule has 3 N–H and O–H groups in total. The molecule has 0 amide bonds. The quantitative estimate of drug-likeness (QED) is 0.208. The second-order valence-corrected chi connectivity index (χ2v) is 7.27. The fourth-order valence-corrected chi connectivity index (χ4v) is 3.56. The summed E-state index contributed by atoms with van der Waals surface area (Å²) in [5.41, 5.74) is 4.70. The number of aromatic amines is 1. The SMILES string of the molecule is CCNC(=NCc1cc(OC)c(OC)c(OC)c1)NCCc1c[nH]c2cc(C)ccc12.I. The van der Waals surface area contributed by atoms with Gasteiger partial charge in [0.05, 0.1) is 27.9 Å². The molecule has 0 aliphatic rings. The van der Waals surface area contributed by atoms with E-state index >= 15 is 0 Å². The number of nitrogens with one attached hydrogen (secondary N) is 3. The number of hydrogen-bond donors (Lipinski definition) is 3. The summed E-state index contributed by atoms with van der Waals surface area (Å²) in [5, 5.41) is 7.99. The van der Waals surface area contributed by atoms with E-state index in [1.807, 2.05) is 12.1 Å². The molecular weight excluding hydrogens is 519 g/mol. The summed E-state index contributed by atoms with van der Waals surface area (Å²) >= 11 is 0. The molecule has 0 aliphatic carbocycles. The summed E-state index contributed by atoms with van der Waals surface area (Å²) in [5.74, 6) is 2.60. The van der Waals surface area contributed by atoms with Gasteiger partial charge in [-0.1, -0.05) is 12.1 Å². The molecule has 2 aromatic carbocycles. The average Bonchev–Trinajstić information content (AvgIpc) is 3.18. The van der Waals surface area contributed by atoms with Crippen molar-refractivity contribution >= 4 is 40.8 Å². The predicted molar refractivity (Wildman–Crippen MR) is 141 cm³/mol. The van der Waals surface area contributed by atoms with Gasteiger partial charge in [0, 0.05) is 30.2 Å². The maximum Gasteiger partial charge on any atom is 0.203 e. The maximum atomic E-state index is 5.43. The lowest BCUT2D eigenvalue weighted by Gasteiger charge is -2.14. The summed E-state index contributed by atoms with van der Waals surface area (Å²) in [6.45, 7) is 6.21. The highest BCUT2D eigenvalue weighted by Gasteiger charge is 2.13. The lowest BCUT2D eigenvalue weighted by Crippen LogP contribution is -2.38. The van der Waals surface area contributed by atoms with Crippen molar-refractivity contribution < 1.29 is 14.2 Å². The molecule has 0 spiro atoms. The van der Waals surface area contributed by atoms with Crippen molar-refractivity contribution in [2.75, 3.05) is 34.4 Å². The number of fused-ring (bicyclic) bond motifs is 1. The van der Waals surface area contributed by atoms with Crippen LogP contribution in [0.15, 0.2) is 41.5 Å². The van der Waals surface area contributed by atoms with Crippen LogP contribution in [0.5, 0.6) is 17.2 Å². The minimum atomic E-state index is 0. The third-order valence-electron chi connectivity index (χ3n) is 5.10. The van der Waals surface area contributed by atoms with Crippen molar-refractivity contribution in [2.45, 2.75) is 26.8 Å². The van der Waals surface area contributed by atoms with E-state index in [1.165, 1.54) is 22.0 Å². The molecule has 0 unspecified atom stereocenters. The van der Waals surface area contributed by atoms with Gasteiger partial charge < -0.3 is 29.8 Å². The minimum Gasteiger partial charge on any atom is -0.493 e. The summed E-state index contributed by atoms with van der Waals surface area (Å²) < 4.78 is 16.3. The van der Waals surface area contributed by atoms with Crippen molar-refractivity contribution in [3.8, 4) is 17.2 Å². The van der Waals surface area contributed by atoms with Gasteiger partial charge >= 0.3 is 0 Å². The summed E-state index contributed by atoms with van der Waals surface area (Å²) in [4.78, 5) is 8.08. The van der Waals surface area contributed by atoms with Crippen LogP contribution >= 0.6 is 24.0 Å². The standard InChI is InChI=1S/C24H32N4O3.HI/c1-6-25-24(26-10-9-18-15-27-20-11-16(2)7-8-19(18)20)28-14-17-12-21(29-3)23(31-5)22(13-17)30-4;/h7-8,11-13,15,27H,6,9-10,14H2,1-5H3,(H2,25,26,28);1H. The second kappa shape index (κ2) is 12.4. The van der Waals surface area contributed by atoms with E-state index in [2.05, 4.69) is 53.9 Å². The molecule has 3 aromatic rings. The number of nitrogens with zero attached hydrogens (tertiary/aromatic N) is 1. The van der Waals surface area contributed by atoms with Gasteiger partial charge in [-0.25, -0.2) is 4.99 Å². The molecule has 0 saturated carbocycles. The number of ether oxygens (including phenoxy) is 3. The Morgan fingerprint density at radius 3 is 2.34 bits per heavy atom. The van der Waals surface area contributed by atoms with E-state index in [-0.39, 0.29) is 24.0 Å². The molecule has 0 saturated heterocycles. The monoisotopic (exact) mass is 552 g/mol. The zero-order valence-corrected chi connectivity index (χ0v) is 21.7. The molecule has 7 nitrogen and oxygen atoms in total. The van der Waals surface area contributed by atoms with E-state index in [4.69, 9.17) is 19.2 Å². The van der Waals surface area contributed by atoms with Crippen LogP contribution in [0.4, 0.5) is 0 Å². The lowest BCUT2D eigenvalue weighted by atomic mass is 10.1. The van der Waals surface area contributed by atoms with Gasteiger partial charge in [-0.15, -0.1) is 24.0 Å². The first kappa shape index (κ1) is 25.6. The summed E-state index contributed by atoms with van der Waals surface area (Å²) in [6, 6.07) is 10.3. The number of hydrogen-bond acceptors (Lipinski definition) is 4. The number of methoxy groups -OCH3 is 3. The van der Waals surface area contributed by atoms with Crippen molar-refractivity contribution in [3.05, 3.63) is 53.2 Å². The fourth-order valence-electron chi connectivity index (χ4n) is 3.56. The Bertz CT molecular complexity index is 1020. The van der Waals surface area contributed by atoms with Gasteiger partial charge in [0.2, 0.25) is 5.75 Å². The van der Waals surface area contributed by atoms with Gasteiger partial charge in [0.1, 0.15) is 0 Å². The van der Waals surface area contributed by atoms with E-state index in [0.29, 0.717) is 23.8 Å². The van der Waals surface area contributed by atoms with E-state index in [0.717, 1.165) is 31.0 Å². The van der Waals surface area contributed by atoms with Crippen LogP contribution < -0.4 is 24.8 Å². The predicted octanol–water partition coefficient (Wildman–Crippen LogP) is 4.42. The Hall–Kier alpha value is -2.62. The first-order chi connectivity index (χ1) is 15.1. The highest BCUT2D eigenvalue weighted by atomic mass is 127. The molecular formula is C24H33IN4O3. The first-order valence-electron chi connectivity index (χ1n) is 10.5. The molecule has 0 fully saturated rings. The molecule has 0 atom stereocenters. The highest BCUT2D eigenvalue weighted by molar-refractivity contribution is 14.0. The summed E-state index contributed by atoms with van der Waals surface area (Å²) in [7, 11) is 4.82. The summed E-state index contributed by atoms with van der Waals surface area (Å²) in [6.07, 6.45) is 2.99. The minimum absolute atomic E-state index is 0. The van der Waals surface area contributed by atoms with Gasteiger partial charge in [0.15, 0.2) is 17.5 Å². The molecule has 3 rings (SSSR count). The van der Waals surface area contributed by atoms with Gasteiger partial charge in [-0.3, -0.25) is 0 Å². The zero-order valence-electron chi connectivity index (χ0n) is 19.4. The van der Waals surface area contributed by atoms with Crippen LogP contribution in [0.1, 0.15) is 23.6 Å². The van der Waals surface area contributed by atoms with Crippen LogP contribution in [0.3, 0.4) is 0 Å². The molecule has 174 valence electrons. The van der Waals surface area contributed by atoms with E-state index in [1.54, 1.807) is 21.3 Å². The van der Waals surface area contributed by atoms with Gasteiger partial charge in [0.25, 0.3) is 0 Å². The molecule has 8 heteroatoms. The third-order valence-corrected chi connectivity index (χ3v) is 5.10. The average molecular weight is 552 g/mol. The number of benzene rings is 2. The fraction of sp³-hybridized carbons (Fsp3) is 0.375. The smallest absolute Gasteiger partial charge is 0.203 e. The largest absolute Gasteiger partial charge is 0.493 e. The third kappa shape index (κ3) is 6.21. The van der Waals surface area contributed by atoms with Crippen LogP contribution in [0.2, 0.25) is 0 Å². The Morgan fingerprint density at radius 2 is 1.72 bits per heavy atom. The second-order valence-electron chi connectivity index (χ2n) is 7.27. The number of aromatic nitrogens is 1. The number of H-pyrrole nitrogens is 1. The van der Waals surface area contributed by atoms with Crippen molar-refractivity contribution in [1.29, 1.82) is 0 Å². The van der Waals surface area contributed by atoms with Gasteiger partial charge in [-0.05, 0) is 55.2 Å². The highest BCUT2D eigenvalue weighted by Crippen LogP contribution is 2.38. The molecule has 32 heavy (non-hydrogen) atoms. The number of guanidine groups is 1. The van der Waals surface area contributed by atoms with Crippen molar-refractivity contribution in [1.82, 2.24) is 15.6 Å². The first-order valence-corrected chi connectivity index (χ1v) is 10.5. The Labute approximate surface area is 207 Å².